The highest BCUT2D eigenvalue weighted by molar-refractivity contribution is 5.94. The van der Waals surface area contributed by atoms with E-state index in [4.69, 9.17) is 4.74 Å². The van der Waals surface area contributed by atoms with Gasteiger partial charge in [0, 0.05) is 47.5 Å². The van der Waals surface area contributed by atoms with Crippen molar-refractivity contribution in [1.29, 1.82) is 0 Å². The summed E-state index contributed by atoms with van der Waals surface area (Å²) < 4.78 is 9.06. The summed E-state index contributed by atoms with van der Waals surface area (Å²) in [5.41, 5.74) is 4.17. The Labute approximate surface area is 199 Å². The number of fused-ring (bicyclic) bond motifs is 2. The topological polar surface area (TPSA) is 104 Å². The molecule has 0 unspecified atom stereocenters. The quantitative estimate of drug-likeness (QED) is 0.412. The molecule has 6 rings (SSSR count). The van der Waals surface area contributed by atoms with Gasteiger partial charge in [-0.05, 0) is 36.8 Å². The minimum Gasteiger partial charge on any atom is -0.478 e. The van der Waals surface area contributed by atoms with Gasteiger partial charge in [0.2, 0.25) is 5.88 Å². The number of aromatic amines is 1. The number of pyridine rings is 2. The first-order valence-electron chi connectivity index (χ1n) is 11.2. The van der Waals surface area contributed by atoms with E-state index in [1.54, 1.807) is 9.25 Å². The zero-order valence-corrected chi connectivity index (χ0v) is 19.1. The van der Waals surface area contributed by atoms with Gasteiger partial charge in [-0.3, -0.25) is 19.1 Å². The highest BCUT2D eigenvalue weighted by atomic mass is 16.5. The molecule has 9 nitrogen and oxygen atoms in total. The number of hydrogen-bond donors (Lipinski definition) is 1. The van der Waals surface area contributed by atoms with Crippen LogP contribution in [0.1, 0.15) is 6.92 Å². The Balaban J connectivity index is 1.58. The van der Waals surface area contributed by atoms with E-state index < -0.39 is 0 Å². The van der Waals surface area contributed by atoms with E-state index in [0.717, 1.165) is 33.1 Å². The number of H-pyrrole nitrogens is 1. The molecule has 4 aromatic heterocycles. The van der Waals surface area contributed by atoms with Crippen molar-refractivity contribution >= 4 is 21.8 Å². The predicted molar refractivity (Wildman–Crippen MR) is 134 cm³/mol. The van der Waals surface area contributed by atoms with Crippen molar-refractivity contribution in [3.8, 4) is 34.1 Å². The monoisotopic (exact) mass is 463 g/mol. The lowest BCUT2D eigenvalue weighted by molar-refractivity contribution is 0.328. The van der Waals surface area contributed by atoms with Crippen LogP contribution < -0.4 is 10.3 Å². The van der Waals surface area contributed by atoms with Gasteiger partial charge >= 0.3 is 0 Å². The Bertz CT molecular complexity index is 1730. The van der Waals surface area contributed by atoms with Gasteiger partial charge in [-0.2, -0.15) is 10.2 Å². The van der Waals surface area contributed by atoms with Crippen LogP contribution in [0.25, 0.3) is 50.0 Å². The SMILES string of the molecule is CCOc1ccc2cn(-c3ccc4nn(C)cc4c3)c(=O)c(-c3ccc(-c4ncn[nH]4)cc3)c2n1. The van der Waals surface area contributed by atoms with Crippen molar-refractivity contribution in [2.24, 2.45) is 7.05 Å². The lowest BCUT2D eigenvalue weighted by atomic mass is 10.0. The fourth-order valence-corrected chi connectivity index (χ4v) is 4.28. The summed E-state index contributed by atoms with van der Waals surface area (Å²) in [6, 6.07) is 17.2. The van der Waals surface area contributed by atoms with Crippen LogP contribution in [0.15, 0.2) is 78.1 Å². The molecule has 6 aromatic rings. The minimum absolute atomic E-state index is 0.172. The van der Waals surface area contributed by atoms with Crippen LogP contribution in [0, 0.1) is 0 Å². The van der Waals surface area contributed by atoms with Gasteiger partial charge in [0.25, 0.3) is 5.56 Å². The zero-order valence-electron chi connectivity index (χ0n) is 19.1. The summed E-state index contributed by atoms with van der Waals surface area (Å²) in [6.45, 7) is 2.39. The standard InChI is InChI=1S/C26H21N7O2/c1-3-35-22-11-8-18-14-33(20-9-10-21-19(12-20)13-32(2)31-21)26(34)23(24(18)29-22)16-4-6-17(7-5-16)25-27-15-28-30-25/h4-15H,3H2,1-2H3,(H,27,28,30). The minimum atomic E-state index is -0.172. The normalized spacial score (nSPS) is 11.4. The van der Waals surface area contributed by atoms with Crippen LogP contribution in [0.4, 0.5) is 0 Å². The van der Waals surface area contributed by atoms with E-state index in [1.165, 1.54) is 6.33 Å². The summed E-state index contributed by atoms with van der Waals surface area (Å²) in [4.78, 5) is 22.8. The molecule has 0 radical (unpaired) electrons. The van der Waals surface area contributed by atoms with Crippen molar-refractivity contribution in [3.05, 3.63) is 83.7 Å². The van der Waals surface area contributed by atoms with Crippen LogP contribution in [-0.2, 0) is 7.05 Å². The number of rotatable bonds is 5. The van der Waals surface area contributed by atoms with Crippen LogP contribution >= 0.6 is 0 Å². The first-order chi connectivity index (χ1) is 17.1. The second kappa shape index (κ2) is 8.21. The van der Waals surface area contributed by atoms with Gasteiger partial charge in [-0.1, -0.05) is 24.3 Å². The molecule has 2 aromatic carbocycles. The second-order valence-corrected chi connectivity index (χ2v) is 8.16. The van der Waals surface area contributed by atoms with Gasteiger partial charge < -0.3 is 4.74 Å². The Hall–Kier alpha value is -4.79. The van der Waals surface area contributed by atoms with Crippen LogP contribution in [0.5, 0.6) is 5.88 Å². The summed E-state index contributed by atoms with van der Waals surface area (Å²) in [5.74, 6) is 1.14. The average molecular weight is 464 g/mol. The molecule has 9 heteroatoms. The molecule has 0 bridgehead atoms. The number of aromatic nitrogens is 7. The summed E-state index contributed by atoms with van der Waals surface area (Å²) in [7, 11) is 1.88. The molecule has 0 fully saturated rings. The molecule has 172 valence electrons. The van der Waals surface area contributed by atoms with Gasteiger partial charge in [0.05, 0.1) is 23.2 Å². The molecule has 0 atom stereocenters. The molecule has 0 aliphatic rings. The Morgan fingerprint density at radius 2 is 1.80 bits per heavy atom. The third-order valence-corrected chi connectivity index (χ3v) is 5.87. The third-order valence-electron chi connectivity index (χ3n) is 5.87. The van der Waals surface area contributed by atoms with Gasteiger partial charge in [-0.15, -0.1) is 0 Å². The lowest BCUT2D eigenvalue weighted by Crippen LogP contribution is -2.20. The van der Waals surface area contributed by atoms with Gasteiger partial charge in [-0.25, -0.2) is 9.97 Å². The predicted octanol–water partition coefficient (Wildman–Crippen LogP) is 4.12. The molecule has 1 N–H and O–H groups in total. The molecular formula is C26H21N7O2. The van der Waals surface area contributed by atoms with Gasteiger partial charge in [0.1, 0.15) is 6.33 Å². The van der Waals surface area contributed by atoms with E-state index in [9.17, 15) is 4.79 Å². The fraction of sp³-hybridized carbons (Fsp3) is 0.115. The Morgan fingerprint density at radius 3 is 2.57 bits per heavy atom. The van der Waals surface area contributed by atoms with E-state index in [0.29, 0.717) is 29.4 Å². The smallest absolute Gasteiger partial charge is 0.265 e. The second-order valence-electron chi connectivity index (χ2n) is 8.16. The molecule has 0 saturated carbocycles. The van der Waals surface area contributed by atoms with Crippen molar-refractivity contribution in [2.45, 2.75) is 6.92 Å². The molecule has 0 aliphatic carbocycles. The molecule has 4 heterocycles. The number of nitrogens with one attached hydrogen (secondary N) is 1. The van der Waals surface area contributed by atoms with Crippen molar-refractivity contribution in [2.75, 3.05) is 6.61 Å². The molecule has 35 heavy (non-hydrogen) atoms. The van der Waals surface area contributed by atoms with E-state index in [-0.39, 0.29) is 5.56 Å². The largest absolute Gasteiger partial charge is 0.478 e. The first-order valence-corrected chi connectivity index (χ1v) is 11.2. The van der Waals surface area contributed by atoms with Crippen LogP contribution in [-0.4, -0.2) is 41.1 Å². The van der Waals surface area contributed by atoms with E-state index in [2.05, 4.69) is 25.3 Å². The van der Waals surface area contributed by atoms with E-state index >= 15 is 0 Å². The lowest BCUT2D eigenvalue weighted by Gasteiger charge is -2.13. The maximum Gasteiger partial charge on any atom is 0.265 e. The summed E-state index contributed by atoms with van der Waals surface area (Å²) in [6.07, 6.45) is 5.22. The highest BCUT2D eigenvalue weighted by Gasteiger charge is 2.17. The average Bonchev–Trinajstić information content (AvgIpc) is 3.53. The number of benzene rings is 2. The van der Waals surface area contributed by atoms with Crippen molar-refractivity contribution < 1.29 is 4.74 Å². The fourth-order valence-electron chi connectivity index (χ4n) is 4.28. The Morgan fingerprint density at radius 1 is 0.971 bits per heavy atom. The highest BCUT2D eigenvalue weighted by Crippen LogP contribution is 2.29. The number of hydrogen-bond acceptors (Lipinski definition) is 6. The van der Waals surface area contributed by atoms with Crippen molar-refractivity contribution in [1.82, 2.24) is 34.5 Å². The number of aryl methyl sites for hydroxylation is 1. The van der Waals surface area contributed by atoms with Gasteiger partial charge in [0.15, 0.2) is 5.82 Å². The molecule has 0 aliphatic heterocycles. The molecule has 0 saturated heterocycles. The maximum atomic E-state index is 13.9. The molecular weight excluding hydrogens is 442 g/mol. The molecule has 0 amide bonds. The number of nitrogens with zero attached hydrogens (tertiary/aromatic N) is 6. The summed E-state index contributed by atoms with van der Waals surface area (Å²) >= 11 is 0. The Kier molecular flexibility index (Phi) is 4.88. The maximum absolute atomic E-state index is 13.9. The first kappa shape index (κ1) is 20.8. The van der Waals surface area contributed by atoms with E-state index in [1.807, 2.05) is 81.0 Å². The summed E-state index contributed by atoms with van der Waals surface area (Å²) in [5, 5.41) is 13.0. The third kappa shape index (κ3) is 3.63. The van der Waals surface area contributed by atoms with Crippen LogP contribution in [0.2, 0.25) is 0 Å². The van der Waals surface area contributed by atoms with Crippen LogP contribution in [0.3, 0.4) is 0 Å². The zero-order chi connectivity index (χ0) is 23.9. The number of ether oxygens (including phenoxy) is 1. The molecule has 0 spiro atoms. The van der Waals surface area contributed by atoms with Crippen molar-refractivity contribution in [3.63, 3.8) is 0 Å².